The zero-order valence-corrected chi connectivity index (χ0v) is 13.9. The Kier molecular flexibility index (Phi) is 5.21. The molecule has 1 unspecified atom stereocenters. The maximum absolute atomic E-state index is 11.8. The molecule has 0 aliphatic carbocycles. The van der Waals surface area contributed by atoms with Gasteiger partial charge in [0, 0.05) is 18.5 Å². The number of nitrogens with two attached hydrogens (primary N) is 1. The van der Waals surface area contributed by atoms with Gasteiger partial charge in [0.2, 0.25) is 5.96 Å². The Morgan fingerprint density at radius 1 is 1.18 bits per heavy atom. The van der Waals surface area contributed by atoms with Crippen molar-refractivity contribution in [3.8, 4) is 0 Å². The van der Waals surface area contributed by atoms with Crippen molar-refractivity contribution in [2.24, 2.45) is 10.7 Å². The SMILES string of the molecule is CS(=O)c1ccccc1N=C(N)N1CCc2ccccc21.Cl. The summed E-state index contributed by atoms with van der Waals surface area (Å²) >= 11 is 0. The largest absolute Gasteiger partial charge is 0.369 e. The summed E-state index contributed by atoms with van der Waals surface area (Å²) in [6.07, 6.45) is 2.61. The van der Waals surface area contributed by atoms with Gasteiger partial charge in [-0.15, -0.1) is 12.4 Å². The summed E-state index contributed by atoms with van der Waals surface area (Å²) in [5, 5.41) is 0. The standard InChI is InChI=1S/C16H17N3OS.ClH/c1-21(20)15-9-5-3-7-13(15)18-16(17)19-11-10-12-6-2-4-8-14(12)19;/h2-9H,10-11H2,1H3,(H2,17,18);1H. The second-order valence-corrected chi connectivity index (χ2v) is 6.27. The van der Waals surface area contributed by atoms with Crippen LogP contribution in [0.25, 0.3) is 0 Å². The maximum Gasteiger partial charge on any atom is 0.201 e. The highest BCUT2D eigenvalue weighted by Crippen LogP contribution is 2.28. The number of halogens is 1. The van der Waals surface area contributed by atoms with Crippen LogP contribution in [0, 0.1) is 0 Å². The number of guanidine groups is 1. The Balaban J connectivity index is 0.00000176. The second kappa shape index (κ2) is 6.94. The van der Waals surface area contributed by atoms with Gasteiger partial charge < -0.3 is 10.6 Å². The molecule has 0 amide bonds. The molecule has 1 aliphatic rings. The molecule has 2 aromatic rings. The fourth-order valence-corrected chi connectivity index (χ4v) is 3.23. The molecule has 3 rings (SSSR count). The van der Waals surface area contributed by atoms with Gasteiger partial charge in [-0.25, -0.2) is 4.99 Å². The van der Waals surface area contributed by atoms with E-state index in [-0.39, 0.29) is 12.4 Å². The van der Waals surface area contributed by atoms with E-state index < -0.39 is 10.8 Å². The molecule has 0 saturated carbocycles. The lowest BCUT2D eigenvalue weighted by Gasteiger charge is -2.18. The quantitative estimate of drug-likeness (QED) is 0.678. The van der Waals surface area contributed by atoms with E-state index >= 15 is 0 Å². The van der Waals surface area contributed by atoms with Crippen LogP contribution in [0.4, 0.5) is 11.4 Å². The molecule has 116 valence electrons. The first-order chi connectivity index (χ1) is 10.2. The average Bonchev–Trinajstić information content (AvgIpc) is 2.91. The van der Waals surface area contributed by atoms with Crippen LogP contribution in [-0.4, -0.2) is 23.0 Å². The number of hydrogen-bond acceptors (Lipinski definition) is 2. The Morgan fingerprint density at radius 3 is 2.64 bits per heavy atom. The lowest BCUT2D eigenvalue weighted by molar-refractivity contribution is 0.687. The maximum atomic E-state index is 11.8. The predicted octanol–water partition coefficient (Wildman–Crippen LogP) is 2.85. The molecular formula is C16H18ClN3OS. The van der Waals surface area contributed by atoms with Gasteiger partial charge in [0.15, 0.2) is 0 Å². The third kappa shape index (κ3) is 3.15. The van der Waals surface area contributed by atoms with Crippen LogP contribution in [0.2, 0.25) is 0 Å². The molecule has 1 heterocycles. The third-order valence-electron chi connectivity index (χ3n) is 3.57. The number of benzene rings is 2. The molecule has 0 radical (unpaired) electrons. The monoisotopic (exact) mass is 335 g/mol. The molecule has 6 heteroatoms. The van der Waals surface area contributed by atoms with Crippen molar-refractivity contribution in [1.29, 1.82) is 0 Å². The summed E-state index contributed by atoms with van der Waals surface area (Å²) in [6, 6.07) is 15.6. The minimum atomic E-state index is -1.08. The van der Waals surface area contributed by atoms with Crippen molar-refractivity contribution in [3.05, 3.63) is 54.1 Å². The molecule has 0 bridgehead atoms. The van der Waals surface area contributed by atoms with Crippen molar-refractivity contribution < 1.29 is 4.21 Å². The van der Waals surface area contributed by atoms with E-state index in [4.69, 9.17) is 5.73 Å². The van der Waals surface area contributed by atoms with Crippen LogP contribution >= 0.6 is 12.4 Å². The molecule has 2 aromatic carbocycles. The topological polar surface area (TPSA) is 58.7 Å². The molecular weight excluding hydrogens is 318 g/mol. The van der Waals surface area contributed by atoms with Gasteiger partial charge in [-0.05, 0) is 30.2 Å². The fourth-order valence-electron chi connectivity index (χ4n) is 2.55. The molecule has 0 saturated heterocycles. The van der Waals surface area contributed by atoms with Crippen LogP contribution in [-0.2, 0) is 17.2 Å². The van der Waals surface area contributed by atoms with Gasteiger partial charge in [-0.3, -0.25) is 4.21 Å². The highest BCUT2D eigenvalue weighted by Gasteiger charge is 2.21. The van der Waals surface area contributed by atoms with E-state index in [1.807, 2.05) is 41.3 Å². The minimum absolute atomic E-state index is 0. The van der Waals surface area contributed by atoms with Gasteiger partial charge >= 0.3 is 0 Å². The van der Waals surface area contributed by atoms with Gasteiger partial charge in [0.1, 0.15) is 0 Å². The summed E-state index contributed by atoms with van der Waals surface area (Å²) in [7, 11) is -1.08. The number of para-hydroxylation sites is 2. The first-order valence-electron chi connectivity index (χ1n) is 6.79. The van der Waals surface area contributed by atoms with Crippen LogP contribution < -0.4 is 10.6 Å². The lowest BCUT2D eigenvalue weighted by atomic mass is 10.2. The predicted molar refractivity (Wildman–Crippen MR) is 94.8 cm³/mol. The Hall–Kier alpha value is -1.85. The van der Waals surface area contributed by atoms with Crippen molar-refractivity contribution in [2.75, 3.05) is 17.7 Å². The molecule has 4 nitrogen and oxygen atoms in total. The Bertz CT molecular complexity index is 733. The highest BCUT2D eigenvalue weighted by atomic mass is 35.5. The van der Waals surface area contributed by atoms with E-state index in [1.54, 1.807) is 6.26 Å². The normalized spacial score (nSPS) is 15.1. The zero-order valence-electron chi connectivity index (χ0n) is 12.2. The van der Waals surface area contributed by atoms with Crippen molar-refractivity contribution >= 4 is 40.5 Å². The van der Waals surface area contributed by atoms with Gasteiger partial charge in [-0.2, -0.15) is 0 Å². The average molecular weight is 336 g/mol. The van der Waals surface area contributed by atoms with E-state index in [9.17, 15) is 4.21 Å². The summed E-state index contributed by atoms with van der Waals surface area (Å²) in [5.74, 6) is 0.442. The number of fused-ring (bicyclic) bond motifs is 1. The number of nitrogens with zero attached hydrogens (tertiary/aromatic N) is 2. The van der Waals surface area contributed by atoms with Gasteiger partial charge in [0.05, 0.1) is 21.4 Å². The summed E-state index contributed by atoms with van der Waals surface area (Å²) in [5.41, 5.74) is 9.22. The second-order valence-electron chi connectivity index (χ2n) is 4.92. The summed E-state index contributed by atoms with van der Waals surface area (Å²) in [4.78, 5) is 7.19. The molecule has 22 heavy (non-hydrogen) atoms. The Labute approximate surface area is 138 Å². The zero-order chi connectivity index (χ0) is 14.8. The highest BCUT2D eigenvalue weighted by molar-refractivity contribution is 7.84. The first kappa shape index (κ1) is 16.5. The van der Waals surface area contributed by atoms with E-state index in [1.165, 1.54) is 5.56 Å². The van der Waals surface area contributed by atoms with Crippen molar-refractivity contribution in [3.63, 3.8) is 0 Å². The molecule has 0 aromatic heterocycles. The van der Waals surface area contributed by atoms with Crippen LogP contribution in [0.3, 0.4) is 0 Å². The summed E-state index contributed by atoms with van der Waals surface area (Å²) < 4.78 is 11.8. The van der Waals surface area contributed by atoms with E-state index in [0.717, 1.165) is 18.7 Å². The van der Waals surface area contributed by atoms with Gasteiger partial charge in [-0.1, -0.05) is 30.3 Å². The van der Waals surface area contributed by atoms with Gasteiger partial charge in [0.25, 0.3) is 0 Å². The van der Waals surface area contributed by atoms with Crippen molar-refractivity contribution in [2.45, 2.75) is 11.3 Å². The third-order valence-corrected chi connectivity index (χ3v) is 4.54. The van der Waals surface area contributed by atoms with E-state index in [2.05, 4.69) is 17.1 Å². The molecule has 0 spiro atoms. The van der Waals surface area contributed by atoms with Crippen LogP contribution in [0.5, 0.6) is 0 Å². The molecule has 1 atom stereocenters. The van der Waals surface area contributed by atoms with Crippen LogP contribution in [0.1, 0.15) is 5.56 Å². The van der Waals surface area contributed by atoms with Crippen LogP contribution in [0.15, 0.2) is 58.4 Å². The molecule has 2 N–H and O–H groups in total. The fraction of sp³-hybridized carbons (Fsp3) is 0.188. The number of anilines is 1. The summed E-state index contributed by atoms with van der Waals surface area (Å²) in [6.45, 7) is 0.825. The smallest absolute Gasteiger partial charge is 0.201 e. The molecule has 1 aliphatic heterocycles. The number of aliphatic imine (C=N–C) groups is 1. The van der Waals surface area contributed by atoms with Crippen molar-refractivity contribution in [1.82, 2.24) is 0 Å². The first-order valence-corrected chi connectivity index (χ1v) is 8.34. The number of hydrogen-bond donors (Lipinski definition) is 1. The van der Waals surface area contributed by atoms with E-state index in [0.29, 0.717) is 16.5 Å². The Morgan fingerprint density at radius 2 is 1.86 bits per heavy atom. The number of rotatable bonds is 2. The minimum Gasteiger partial charge on any atom is -0.369 e. The lowest BCUT2D eigenvalue weighted by Crippen LogP contribution is -2.35. The molecule has 0 fully saturated rings.